The molecular weight excluding hydrogens is 290 g/mol. The molecule has 4 N–H and O–H groups in total. The second-order valence-electron chi connectivity index (χ2n) is 7.43. The van der Waals surface area contributed by atoms with Crippen molar-refractivity contribution in [2.24, 2.45) is 11.7 Å². The minimum atomic E-state index is -0.716. The van der Waals surface area contributed by atoms with E-state index in [1.54, 1.807) is 0 Å². The molecule has 0 bridgehead atoms. The van der Waals surface area contributed by atoms with Crippen molar-refractivity contribution in [2.45, 2.75) is 76.4 Å². The minimum absolute atomic E-state index is 0.0754. The molecule has 0 radical (unpaired) electrons. The van der Waals surface area contributed by atoms with Gasteiger partial charge in [0.2, 0.25) is 5.91 Å². The highest BCUT2D eigenvalue weighted by molar-refractivity contribution is 5.76. The zero-order valence-electron chi connectivity index (χ0n) is 14.5. The van der Waals surface area contributed by atoms with Crippen molar-refractivity contribution in [3.63, 3.8) is 0 Å². The van der Waals surface area contributed by atoms with Gasteiger partial charge in [-0.25, -0.2) is 0 Å². The fraction of sp³-hybridized carbons (Fsp3) is 0.944. The number of hydrogen-bond donors (Lipinski definition) is 3. The highest BCUT2D eigenvalue weighted by Crippen LogP contribution is 2.27. The van der Waals surface area contributed by atoms with E-state index in [0.29, 0.717) is 12.5 Å². The Balaban J connectivity index is 1.57. The largest absolute Gasteiger partial charge is 0.391 e. The molecule has 0 unspecified atom stereocenters. The maximum absolute atomic E-state index is 11.9. The molecule has 1 saturated heterocycles. The third-order valence-electron chi connectivity index (χ3n) is 5.42. The zero-order chi connectivity index (χ0) is 16.5. The maximum Gasteiger partial charge on any atom is 0.222 e. The molecule has 2 aliphatic rings. The lowest BCUT2D eigenvalue weighted by atomic mass is 9.83. The Bertz CT molecular complexity index is 339. The van der Waals surface area contributed by atoms with E-state index in [4.69, 9.17) is 5.73 Å². The molecule has 2 fully saturated rings. The first-order chi connectivity index (χ1) is 11.1. The standard InChI is InChI=1S/C18H35N3O2/c19-16(13-15-7-3-1-4-8-15)17(22)14-18(23)20-9-12-21-10-5-2-6-11-21/h15-17,22H,1-14,19H2,(H,20,23)/t16-,17-/m0/s1. The van der Waals surface area contributed by atoms with Crippen LogP contribution in [0.2, 0.25) is 0 Å². The summed E-state index contributed by atoms with van der Waals surface area (Å²) in [6.45, 7) is 3.87. The van der Waals surface area contributed by atoms with Crippen molar-refractivity contribution in [1.82, 2.24) is 10.2 Å². The monoisotopic (exact) mass is 325 g/mol. The Hall–Kier alpha value is -0.650. The molecule has 0 aromatic carbocycles. The number of piperidine rings is 1. The topological polar surface area (TPSA) is 78.6 Å². The van der Waals surface area contributed by atoms with E-state index in [1.807, 2.05) is 0 Å². The second-order valence-corrected chi connectivity index (χ2v) is 7.43. The fourth-order valence-corrected chi connectivity index (χ4v) is 3.91. The number of nitrogens with two attached hydrogens (primary N) is 1. The molecule has 1 saturated carbocycles. The van der Waals surface area contributed by atoms with Crippen molar-refractivity contribution in [2.75, 3.05) is 26.2 Å². The van der Waals surface area contributed by atoms with E-state index in [2.05, 4.69) is 10.2 Å². The number of amides is 1. The van der Waals surface area contributed by atoms with E-state index < -0.39 is 6.10 Å². The number of carbonyl (C=O) groups excluding carboxylic acids is 1. The molecule has 1 heterocycles. The summed E-state index contributed by atoms with van der Waals surface area (Å²) >= 11 is 0. The highest BCUT2D eigenvalue weighted by atomic mass is 16.3. The summed E-state index contributed by atoms with van der Waals surface area (Å²) < 4.78 is 0. The third kappa shape index (κ3) is 7.19. The molecule has 2 atom stereocenters. The van der Waals surface area contributed by atoms with Crippen LogP contribution in [0.15, 0.2) is 0 Å². The van der Waals surface area contributed by atoms with Gasteiger partial charge in [-0.2, -0.15) is 0 Å². The molecule has 134 valence electrons. The minimum Gasteiger partial charge on any atom is -0.391 e. The number of hydrogen-bond acceptors (Lipinski definition) is 4. The van der Waals surface area contributed by atoms with E-state index in [1.165, 1.54) is 51.4 Å². The van der Waals surface area contributed by atoms with Crippen molar-refractivity contribution >= 4 is 5.91 Å². The summed E-state index contributed by atoms with van der Waals surface area (Å²) in [6, 6.07) is -0.272. The van der Waals surface area contributed by atoms with Crippen LogP contribution in [-0.2, 0) is 4.79 Å². The van der Waals surface area contributed by atoms with Crippen molar-refractivity contribution in [3.8, 4) is 0 Å². The molecule has 23 heavy (non-hydrogen) atoms. The maximum atomic E-state index is 11.9. The Kier molecular flexibility index (Phi) is 8.34. The number of rotatable bonds is 8. The zero-order valence-corrected chi connectivity index (χ0v) is 14.5. The number of likely N-dealkylation sites (tertiary alicyclic amines) is 1. The molecule has 0 spiro atoms. The summed E-state index contributed by atoms with van der Waals surface area (Å²) in [7, 11) is 0. The van der Waals surface area contributed by atoms with Crippen molar-refractivity contribution in [3.05, 3.63) is 0 Å². The second kappa shape index (κ2) is 10.3. The average molecular weight is 325 g/mol. The van der Waals surface area contributed by atoms with Crippen LogP contribution in [0.3, 0.4) is 0 Å². The quantitative estimate of drug-likeness (QED) is 0.634. The van der Waals surface area contributed by atoms with Crippen molar-refractivity contribution < 1.29 is 9.90 Å². The van der Waals surface area contributed by atoms with Crippen LogP contribution >= 0.6 is 0 Å². The average Bonchev–Trinajstić information content (AvgIpc) is 2.56. The van der Waals surface area contributed by atoms with Gasteiger partial charge in [0, 0.05) is 19.1 Å². The number of carbonyl (C=O) groups is 1. The molecule has 0 aromatic rings. The lowest BCUT2D eigenvalue weighted by Crippen LogP contribution is -2.42. The van der Waals surface area contributed by atoms with Gasteiger partial charge in [-0.15, -0.1) is 0 Å². The van der Waals surface area contributed by atoms with Gasteiger partial charge in [-0.1, -0.05) is 38.5 Å². The normalized spacial score (nSPS) is 23.4. The van der Waals surface area contributed by atoms with Gasteiger partial charge in [-0.05, 0) is 38.3 Å². The first-order valence-corrected chi connectivity index (χ1v) is 9.58. The van der Waals surface area contributed by atoms with Gasteiger partial charge >= 0.3 is 0 Å². The van der Waals surface area contributed by atoms with Gasteiger partial charge in [0.25, 0.3) is 0 Å². The highest BCUT2D eigenvalue weighted by Gasteiger charge is 2.23. The van der Waals surface area contributed by atoms with Crippen LogP contribution in [0.1, 0.15) is 64.2 Å². The van der Waals surface area contributed by atoms with Crippen LogP contribution < -0.4 is 11.1 Å². The van der Waals surface area contributed by atoms with Gasteiger partial charge in [0.1, 0.15) is 0 Å². The predicted octanol–water partition coefficient (Wildman–Crippen LogP) is 1.64. The summed E-state index contributed by atoms with van der Waals surface area (Å²) in [5.74, 6) is 0.559. The lowest BCUT2D eigenvalue weighted by molar-refractivity contribution is -0.123. The van der Waals surface area contributed by atoms with Crippen LogP contribution in [-0.4, -0.2) is 54.2 Å². The van der Waals surface area contributed by atoms with Gasteiger partial charge in [-0.3, -0.25) is 4.79 Å². The van der Waals surface area contributed by atoms with Crippen LogP contribution in [0.5, 0.6) is 0 Å². The summed E-state index contributed by atoms with van der Waals surface area (Å²) in [5, 5.41) is 13.1. The number of nitrogens with one attached hydrogen (secondary N) is 1. The first kappa shape index (κ1) is 18.7. The van der Waals surface area contributed by atoms with E-state index in [-0.39, 0.29) is 18.4 Å². The number of aliphatic hydroxyl groups is 1. The Morgan fingerprint density at radius 3 is 2.48 bits per heavy atom. The first-order valence-electron chi connectivity index (χ1n) is 9.58. The smallest absolute Gasteiger partial charge is 0.222 e. The van der Waals surface area contributed by atoms with E-state index in [0.717, 1.165) is 26.1 Å². The molecule has 1 amide bonds. The van der Waals surface area contributed by atoms with E-state index in [9.17, 15) is 9.90 Å². The lowest BCUT2D eigenvalue weighted by Gasteiger charge is -2.27. The van der Waals surface area contributed by atoms with Gasteiger partial charge < -0.3 is 21.1 Å². The van der Waals surface area contributed by atoms with Gasteiger partial charge in [0.15, 0.2) is 0 Å². The Labute approximate surface area is 141 Å². The van der Waals surface area contributed by atoms with Crippen molar-refractivity contribution in [1.29, 1.82) is 0 Å². The molecule has 2 rings (SSSR count). The summed E-state index contributed by atoms with van der Waals surface area (Å²) in [6.07, 6.45) is 10.5. The van der Waals surface area contributed by atoms with E-state index >= 15 is 0 Å². The number of nitrogens with zero attached hydrogens (tertiary/aromatic N) is 1. The molecule has 0 aromatic heterocycles. The molecular formula is C18H35N3O2. The van der Waals surface area contributed by atoms with Crippen LogP contribution in [0.25, 0.3) is 0 Å². The van der Waals surface area contributed by atoms with Gasteiger partial charge in [0.05, 0.1) is 12.5 Å². The number of aliphatic hydroxyl groups excluding tert-OH is 1. The summed E-state index contributed by atoms with van der Waals surface area (Å²) in [5.41, 5.74) is 6.10. The predicted molar refractivity (Wildman–Crippen MR) is 93.1 cm³/mol. The Morgan fingerprint density at radius 2 is 1.78 bits per heavy atom. The molecule has 1 aliphatic heterocycles. The molecule has 5 heteroatoms. The third-order valence-corrected chi connectivity index (χ3v) is 5.42. The SMILES string of the molecule is N[C@@H](CC1CCCCC1)[C@@H](O)CC(=O)NCCN1CCCCC1. The fourth-order valence-electron chi connectivity index (χ4n) is 3.91. The Morgan fingerprint density at radius 1 is 1.13 bits per heavy atom. The molecule has 1 aliphatic carbocycles. The summed E-state index contributed by atoms with van der Waals surface area (Å²) in [4.78, 5) is 14.3. The van der Waals surface area contributed by atoms with Crippen LogP contribution in [0, 0.1) is 5.92 Å². The van der Waals surface area contributed by atoms with Crippen LogP contribution in [0.4, 0.5) is 0 Å². The molecule has 5 nitrogen and oxygen atoms in total.